The topological polar surface area (TPSA) is 62.3 Å². The van der Waals surface area contributed by atoms with Crippen molar-refractivity contribution in [2.24, 2.45) is 0 Å². The lowest BCUT2D eigenvalue weighted by Crippen LogP contribution is -2.37. The van der Waals surface area contributed by atoms with Gasteiger partial charge in [0.1, 0.15) is 0 Å². The zero-order chi connectivity index (χ0) is 15.7. The zero-order valence-electron chi connectivity index (χ0n) is 12.6. The Labute approximate surface area is 135 Å². The number of sulfonamides is 1. The molecule has 1 atom stereocenters. The SMILES string of the molecule is Cc1ccc(C)c(S(=O)(=O)NC2CCN(c3nccs3)C2)c1. The molecule has 3 rings (SSSR count). The first-order chi connectivity index (χ1) is 10.5. The van der Waals surface area contributed by atoms with Crippen LogP contribution in [0.1, 0.15) is 17.5 Å². The van der Waals surface area contributed by atoms with Crippen molar-refractivity contribution in [1.29, 1.82) is 0 Å². The normalized spacial score (nSPS) is 18.8. The molecule has 118 valence electrons. The molecule has 1 N–H and O–H groups in total. The summed E-state index contributed by atoms with van der Waals surface area (Å²) >= 11 is 1.58. The highest BCUT2D eigenvalue weighted by Crippen LogP contribution is 2.24. The van der Waals surface area contributed by atoms with E-state index in [2.05, 4.69) is 14.6 Å². The number of benzene rings is 1. The molecule has 0 radical (unpaired) electrons. The van der Waals surface area contributed by atoms with E-state index in [9.17, 15) is 8.42 Å². The van der Waals surface area contributed by atoms with Gasteiger partial charge in [-0.25, -0.2) is 18.1 Å². The molecular formula is C15H19N3O2S2. The Morgan fingerprint density at radius 3 is 2.91 bits per heavy atom. The lowest BCUT2D eigenvalue weighted by molar-refractivity contribution is 0.560. The number of anilines is 1. The van der Waals surface area contributed by atoms with Gasteiger partial charge < -0.3 is 4.90 Å². The van der Waals surface area contributed by atoms with Crippen molar-refractivity contribution < 1.29 is 8.42 Å². The predicted molar refractivity (Wildman–Crippen MR) is 89.0 cm³/mol. The van der Waals surface area contributed by atoms with E-state index >= 15 is 0 Å². The molecule has 0 bridgehead atoms. The number of nitrogens with zero attached hydrogens (tertiary/aromatic N) is 2. The van der Waals surface area contributed by atoms with Gasteiger partial charge in [-0.15, -0.1) is 11.3 Å². The van der Waals surface area contributed by atoms with Gasteiger partial charge >= 0.3 is 0 Å². The minimum absolute atomic E-state index is 0.0752. The molecule has 0 aliphatic carbocycles. The lowest BCUT2D eigenvalue weighted by Gasteiger charge is -2.17. The number of thiazole rings is 1. The van der Waals surface area contributed by atoms with Gasteiger partial charge in [-0.05, 0) is 37.5 Å². The van der Waals surface area contributed by atoms with Crippen LogP contribution in [-0.4, -0.2) is 32.5 Å². The molecule has 0 saturated carbocycles. The Hall–Kier alpha value is -1.44. The highest BCUT2D eigenvalue weighted by molar-refractivity contribution is 7.89. The van der Waals surface area contributed by atoms with Crippen LogP contribution in [-0.2, 0) is 10.0 Å². The third-order valence-electron chi connectivity index (χ3n) is 3.83. The maximum atomic E-state index is 12.6. The molecule has 5 nitrogen and oxygen atoms in total. The molecule has 2 heterocycles. The Bertz CT molecular complexity index is 757. The molecule has 1 aliphatic rings. The van der Waals surface area contributed by atoms with Gasteiger partial charge in [0.2, 0.25) is 10.0 Å². The van der Waals surface area contributed by atoms with Crippen LogP contribution < -0.4 is 9.62 Å². The molecule has 1 fully saturated rings. The van der Waals surface area contributed by atoms with Crippen molar-refractivity contribution in [3.05, 3.63) is 40.9 Å². The number of hydrogen-bond donors (Lipinski definition) is 1. The summed E-state index contributed by atoms with van der Waals surface area (Å²) < 4.78 is 28.1. The van der Waals surface area contributed by atoms with Crippen LogP contribution in [0.3, 0.4) is 0 Å². The van der Waals surface area contributed by atoms with Crippen LogP contribution in [0.5, 0.6) is 0 Å². The molecule has 1 unspecified atom stereocenters. The van der Waals surface area contributed by atoms with E-state index in [4.69, 9.17) is 0 Å². The summed E-state index contributed by atoms with van der Waals surface area (Å²) in [6.07, 6.45) is 2.57. The van der Waals surface area contributed by atoms with Gasteiger partial charge in [-0.2, -0.15) is 0 Å². The number of aromatic nitrogens is 1. The minimum atomic E-state index is -3.48. The van der Waals surface area contributed by atoms with E-state index in [-0.39, 0.29) is 6.04 Å². The Morgan fingerprint density at radius 1 is 1.36 bits per heavy atom. The Balaban J connectivity index is 1.74. The fourth-order valence-corrected chi connectivity index (χ4v) is 4.95. The van der Waals surface area contributed by atoms with Crippen molar-refractivity contribution in [3.8, 4) is 0 Å². The molecular weight excluding hydrogens is 318 g/mol. The second-order valence-electron chi connectivity index (χ2n) is 5.64. The van der Waals surface area contributed by atoms with Crippen LogP contribution in [0.15, 0.2) is 34.7 Å². The van der Waals surface area contributed by atoms with E-state index in [0.29, 0.717) is 11.4 Å². The van der Waals surface area contributed by atoms with Gasteiger partial charge in [0.25, 0.3) is 0 Å². The van der Waals surface area contributed by atoms with Gasteiger partial charge in [-0.1, -0.05) is 12.1 Å². The fraction of sp³-hybridized carbons (Fsp3) is 0.400. The number of aryl methyl sites for hydroxylation is 2. The Kier molecular flexibility index (Phi) is 4.20. The second-order valence-corrected chi connectivity index (χ2v) is 8.19. The zero-order valence-corrected chi connectivity index (χ0v) is 14.2. The summed E-state index contributed by atoms with van der Waals surface area (Å²) in [6.45, 7) is 5.22. The van der Waals surface area contributed by atoms with Crippen molar-refractivity contribution >= 4 is 26.5 Å². The minimum Gasteiger partial charge on any atom is -0.346 e. The predicted octanol–water partition coefficient (Wildman–Crippen LogP) is 2.32. The number of hydrogen-bond acceptors (Lipinski definition) is 5. The van der Waals surface area contributed by atoms with Crippen molar-refractivity contribution in [3.63, 3.8) is 0 Å². The highest BCUT2D eigenvalue weighted by Gasteiger charge is 2.29. The third-order valence-corrected chi connectivity index (χ3v) is 6.33. The van der Waals surface area contributed by atoms with Crippen LogP contribution in [0.25, 0.3) is 0 Å². The van der Waals surface area contributed by atoms with Crippen LogP contribution >= 0.6 is 11.3 Å². The van der Waals surface area contributed by atoms with Crippen LogP contribution in [0.2, 0.25) is 0 Å². The maximum absolute atomic E-state index is 12.6. The molecule has 22 heavy (non-hydrogen) atoms. The van der Waals surface area contributed by atoms with Crippen molar-refractivity contribution in [1.82, 2.24) is 9.71 Å². The first kappa shape index (κ1) is 15.5. The summed E-state index contributed by atoms with van der Waals surface area (Å²) in [6, 6.07) is 5.42. The van der Waals surface area contributed by atoms with E-state index in [0.717, 1.165) is 29.2 Å². The first-order valence-corrected chi connectivity index (χ1v) is 9.56. The summed E-state index contributed by atoms with van der Waals surface area (Å²) in [5, 5.41) is 2.89. The standard InChI is InChI=1S/C15H19N3O2S2/c1-11-3-4-12(2)14(9-11)22(19,20)17-13-5-7-18(10-13)15-16-6-8-21-15/h3-4,6,8-9,13,17H,5,7,10H2,1-2H3. The van der Waals surface area contributed by atoms with E-state index in [1.165, 1.54) is 0 Å². The lowest BCUT2D eigenvalue weighted by atomic mass is 10.2. The van der Waals surface area contributed by atoms with E-state index in [1.54, 1.807) is 23.6 Å². The van der Waals surface area contributed by atoms with Crippen LogP contribution in [0, 0.1) is 13.8 Å². The molecule has 1 aromatic carbocycles. The smallest absolute Gasteiger partial charge is 0.241 e. The third kappa shape index (κ3) is 3.16. The van der Waals surface area contributed by atoms with Gasteiger partial charge in [0.15, 0.2) is 5.13 Å². The summed E-state index contributed by atoms with van der Waals surface area (Å²) in [5.74, 6) is 0. The quantitative estimate of drug-likeness (QED) is 0.930. The molecule has 7 heteroatoms. The summed E-state index contributed by atoms with van der Waals surface area (Å²) in [4.78, 5) is 6.78. The largest absolute Gasteiger partial charge is 0.346 e. The fourth-order valence-electron chi connectivity index (χ4n) is 2.68. The van der Waals surface area contributed by atoms with E-state index in [1.807, 2.05) is 31.4 Å². The van der Waals surface area contributed by atoms with E-state index < -0.39 is 10.0 Å². The molecule has 1 aromatic heterocycles. The molecule has 2 aromatic rings. The summed E-state index contributed by atoms with van der Waals surface area (Å²) in [7, 11) is -3.48. The number of rotatable bonds is 4. The second kappa shape index (κ2) is 5.98. The maximum Gasteiger partial charge on any atom is 0.241 e. The van der Waals surface area contributed by atoms with Crippen molar-refractivity contribution in [2.45, 2.75) is 31.2 Å². The summed E-state index contributed by atoms with van der Waals surface area (Å²) in [5.41, 5.74) is 1.72. The average Bonchev–Trinajstić information content (AvgIpc) is 3.11. The average molecular weight is 337 g/mol. The molecule has 1 saturated heterocycles. The molecule has 0 spiro atoms. The molecule has 1 aliphatic heterocycles. The van der Waals surface area contributed by atoms with Crippen molar-refractivity contribution in [2.75, 3.05) is 18.0 Å². The van der Waals surface area contributed by atoms with Crippen LogP contribution in [0.4, 0.5) is 5.13 Å². The monoisotopic (exact) mass is 337 g/mol. The highest BCUT2D eigenvalue weighted by atomic mass is 32.2. The van der Waals surface area contributed by atoms with Gasteiger partial charge in [-0.3, -0.25) is 0 Å². The molecule has 0 amide bonds. The van der Waals surface area contributed by atoms with Gasteiger partial charge in [0.05, 0.1) is 4.90 Å². The first-order valence-electron chi connectivity index (χ1n) is 7.20. The van der Waals surface area contributed by atoms with Gasteiger partial charge in [0, 0.05) is 30.7 Å². The number of nitrogens with one attached hydrogen (secondary N) is 1. The Morgan fingerprint density at radius 2 is 2.18 bits per heavy atom.